The van der Waals surface area contributed by atoms with Gasteiger partial charge in [-0.25, -0.2) is 0 Å². The standard InChI is InChI=1S/C17H17NO2/c18-9-12-7-15(14-4-2-1-3-13(12)14)11-5-6-16-17(8-11)20-10-19-16/h1-6,8,12,15H,7,9-10,18H2/t12-,15-/m0/s1. The van der Waals surface area contributed by atoms with Crippen LogP contribution < -0.4 is 15.2 Å². The fourth-order valence-corrected chi connectivity index (χ4v) is 3.41. The van der Waals surface area contributed by atoms with Crippen molar-refractivity contribution in [1.82, 2.24) is 0 Å². The second-order valence-electron chi connectivity index (χ2n) is 5.46. The van der Waals surface area contributed by atoms with Gasteiger partial charge in [0.05, 0.1) is 0 Å². The highest BCUT2D eigenvalue weighted by molar-refractivity contribution is 5.50. The Bertz CT molecular complexity index is 653. The molecule has 102 valence electrons. The minimum atomic E-state index is 0.325. The third-order valence-corrected chi connectivity index (χ3v) is 4.41. The molecule has 0 fully saturated rings. The lowest BCUT2D eigenvalue weighted by atomic mass is 9.92. The molecule has 0 bridgehead atoms. The minimum absolute atomic E-state index is 0.325. The Labute approximate surface area is 118 Å². The summed E-state index contributed by atoms with van der Waals surface area (Å²) in [5.41, 5.74) is 10.0. The number of ether oxygens (including phenoxy) is 2. The van der Waals surface area contributed by atoms with E-state index in [-0.39, 0.29) is 0 Å². The maximum absolute atomic E-state index is 5.93. The average molecular weight is 267 g/mol. The lowest BCUT2D eigenvalue weighted by molar-refractivity contribution is 0.174. The first-order valence-corrected chi connectivity index (χ1v) is 7.05. The van der Waals surface area contributed by atoms with Crippen LogP contribution in [0.25, 0.3) is 0 Å². The van der Waals surface area contributed by atoms with E-state index in [1.54, 1.807) is 0 Å². The fraction of sp³-hybridized carbons (Fsp3) is 0.294. The summed E-state index contributed by atoms with van der Waals surface area (Å²) in [6, 6.07) is 14.9. The van der Waals surface area contributed by atoms with Crippen molar-refractivity contribution in [3.8, 4) is 11.5 Å². The van der Waals surface area contributed by atoms with Crippen LogP contribution in [-0.2, 0) is 0 Å². The molecule has 2 aliphatic rings. The molecular formula is C17H17NO2. The molecule has 0 aromatic heterocycles. The third-order valence-electron chi connectivity index (χ3n) is 4.41. The van der Waals surface area contributed by atoms with E-state index in [0.29, 0.717) is 25.2 Å². The van der Waals surface area contributed by atoms with Crippen molar-refractivity contribution < 1.29 is 9.47 Å². The first-order valence-electron chi connectivity index (χ1n) is 7.05. The molecule has 2 aromatic carbocycles. The van der Waals surface area contributed by atoms with E-state index in [1.165, 1.54) is 16.7 Å². The molecule has 0 radical (unpaired) electrons. The molecule has 3 heteroatoms. The van der Waals surface area contributed by atoms with Gasteiger partial charge in [-0.1, -0.05) is 30.3 Å². The number of hydrogen-bond acceptors (Lipinski definition) is 3. The lowest BCUT2D eigenvalue weighted by Crippen LogP contribution is -2.09. The number of rotatable bonds is 2. The van der Waals surface area contributed by atoms with Gasteiger partial charge in [-0.3, -0.25) is 0 Å². The molecule has 4 rings (SSSR count). The molecule has 1 aliphatic carbocycles. The highest BCUT2D eigenvalue weighted by Crippen LogP contribution is 2.46. The number of hydrogen-bond donors (Lipinski definition) is 1. The van der Waals surface area contributed by atoms with Gasteiger partial charge in [0.25, 0.3) is 0 Å². The molecule has 0 amide bonds. The van der Waals surface area contributed by atoms with Crippen LogP contribution in [0.3, 0.4) is 0 Å². The summed E-state index contributed by atoms with van der Waals surface area (Å²) < 4.78 is 10.9. The Morgan fingerprint density at radius 2 is 1.80 bits per heavy atom. The SMILES string of the molecule is NC[C@@H]1C[C@@H](c2ccc3c(c2)OCO3)c2ccccc21. The monoisotopic (exact) mass is 267 g/mol. The van der Waals surface area contributed by atoms with Crippen molar-refractivity contribution in [3.05, 3.63) is 59.2 Å². The quantitative estimate of drug-likeness (QED) is 0.909. The fourth-order valence-electron chi connectivity index (χ4n) is 3.41. The molecule has 2 atom stereocenters. The zero-order valence-electron chi connectivity index (χ0n) is 11.2. The van der Waals surface area contributed by atoms with Gasteiger partial charge in [0, 0.05) is 5.92 Å². The summed E-state index contributed by atoms with van der Waals surface area (Å²) in [5, 5.41) is 0. The lowest BCUT2D eigenvalue weighted by Gasteiger charge is -2.13. The highest BCUT2D eigenvalue weighted by atomic mass is 16.7. The normalized spacial score (nSPS) is 22.9. The molecule has 1 heterocycles. The summed E-state index contributed by atoms with van der Waals surface area (Å²) in [6.45, 7) is 1.03. The molecule has 2 N–H and O–H groups in total. The van der Waals surface area contributed by atoms with Crippen LogP contribution >= 0.6 is 0 Å². The molecule has 20 heavy (non-hydrogen) atoms. The Morgan fingerprint density at radius 3 is 2.65 bits per heavy atom. The van der Waals surface area contributed by atoms with E-state index in [9.17, 15) is 0 Å². The maximum atomic E-state index is 5.93. The first kappa shape index (κ1) is 11.8. The molecule has 3 nitrogen and oxygen atoms in total. The van der Waals surface area contributed by atoms with Gasteiger partial charge in [-0.15, -0.1) is 0 Å². The van der Waals surface area contributed by atoms with Crippen LogP contribution in [0, 0.1) is 0 Å². The van der Waals surface area contributed by atoms with Gasteiger partial charge >= 0.3 is 0 Å². The van der Waals surface area contributed by atoms with Gasteiger partial charge in [-0.2, -0.15) is 0 Å². The molecule has 0 saturated carbocycles. The summed E-state index contributed by atoms with van der Waals surface area (Å²) in [4.78, 5) is 0. The van der Waals surface area contributed by atoms with E-state index in [0.717, 1.165) is 17.9 Å². The second-order valence-corrected chi connectivity index (χ2v) is 5.46. The smallest absolute Gasteiger partial charge is 0.231 e. The Hall–Kier alpha value is -2.00. The molecule has 2 aromatic rings. The van der Waals surface area contributed by atoms with Gasteiger partial charge in [0.2, 0.25) is 6.79 Å². The van der Waals surface area contributed by atoms with Gasteiger partial charge in [0.15, 0.2) is 11.5 Å². The van der Waals surface area contributed by atoms with Crippen LogP contribution in [-0.4, -0.2) is 13.3 Å². The number of benzene rings is 2. The minimum Gasteiger partial charge on any atom is -0.454 e. The van der Waals surface area contributed by atoms with Crippen molar-refractivity contribution in [2.75, 3.05) is 13.3 Å². The maximum Gasteiger partial charge on any atom is 0.231 e. The third kappa shape index (κ3) is 1.70. The summed E-state index contributed by atoms with van der Waals surface area (Å²) in [5.74, 6) is 2.57. The van der Waals surface area contributed by atoms with Crippen LogP contribution in [0.5, 0.6) is 11.5 Å². The van der Waals surface area contributed by atoms with Gasteiger partial charge in [-0.05, 0) is 47.7 Å². The van der Waals surface area contributed by atoms with Crippen LogP contribution in [0.1, 0.15) is 34.9 Å². The van der Waals surface area contributed by atoms with E-state index >= 15 is 0 Å². The Balaban J connectivity index is 1.76. The first-order chi connectivity index (χ1) is 9.86. The van der Waals surface area contributed by atoms with Gasteiger partial charge in [0.1, 0.15) is 0 Å². The largest absolute Gasteiger partial charge is 0.454 e. The van der Waals surface area contributed by atoms with E-state index < -0.39 is 0 Å². The van der Waals surface area contributed by atoms with E-state index in [2.05, 4.69) is 36.4 Å². The van der Waals surface area contributed by atoms with Crippen molar-refractivity contribution in [2.24, 2.45) is 5.73 Å². The summed E-state index contributed by atoms with van der Waals surface area (Å²) >= 11 is 0. The predicted molar refractivity (Wildman–Crippen MR) is 77.3 cm³/mol. The van der Waals surface area contributed by atoms with Crippen molar-refractivity contribution in [3.63, 3.8) is 0 Å². The van der Waals surface area contributed by atoms with Crippen molar-refractivity contribution in [1.29, 1.82) is 0 Å². The summed E-state index contributed by atoms with van der Waals surface area (Å²) in [7, 11) is 0. The molecule has 0 spiro atoms. The van der Waals surface area contributed by atoms with Crippen LogP contribution in [0.4, 0.5) is 0 Å². The molecule has 0 unspecified atom stereocenters. The van der Waals surface area contributed by atoms with Crippen LogP contribution in [0.15, 0.2) is 42.5 Å². The van der Waals surface area contributed by atoms with Crippen molar-refractivity contribution in [2.45, 2.75) is 18.3 Å². The predicted octanol–water partition coefficient (Wildman–Crippen LogP) is 2.99. The molecule has 0 saturated heterocycles. The second kappa shape index (κ2) is 4.53. The topological polar surface area (TPSA) is 44.5 Å². The Kier molecular flexibility index (Phi) is 2.67. The van der Waals surface area contributed by atoms with Crippen LogP contribution in [0.2, 0.25) is 0 Å². The molecular weight excluding hydrogens is 250 g/mol. The average Bonchev–Trinajstić information content (AvgIpc) is 3.10. The molecule has 1 aliphatic heterocycles. The summed E-state index contributed by atoms with van der Waals surface area (Å²) in [6.07, 6.45) is 1.08. The zero-order valence-corrected chi connectivity index (χ0v) is 11.2. The zero-order chi connectivity index (χ0) is 13.5. The van der Waals surface area contributed by atoms with Crippen molar-refractivity contribution >= 4 is 0 Å². The van der Waals surface area contributed by atoms with E-state index in [4.69, 9.17) is 15.2 Å². The number of nitrogens with two attached hydrogens (primary N) is 1. The Morgan fingerprint density at radius 1 is 1.00 bits per heavy atom. The van der Waals surface area contributed by atoms with E-state index in [1.807, 2.05) is 6.07 Å². The van der Waals surface area contributed by atoms with Gasteiger partial charge < -0.3 is 15.2 Å². The number of fused-ring (bicyclic) bond motifs is 2. The highest BCUT2D eigenvalue weighted by Gasteiger charge is 2.31.